The average molecular weight is 424 g/mol. The maximum Gasteiger partial charge on any atom is 0.415 e. The molecule has 0 radical (unpaired) electrons. The second kappa shape index (κ2) is 8.76. The molecule has 4 nitrogen and oxygen atoms in total. The standard InChI is InChI=1S/C23H38FNO3Si/c1-15(2)29(16(3)4,17(5)6)27-14-18-13-19-20(24)11-10-12-21(19)25(18)22(26)28-23(7,8)9/h10-12,15-18H,13-14H2,1-9H3. The minimum absolute atomic E-state index is 0.264. The number of carbonyl (C=O) groups is 1. The highest BCUT2D eigenvalue weighted by atomic mass is 28.4. The van der Waals surface area contributed by atoms with Gasteiger partial charge < -0.3 is 9.16 Å². The van der Waals surface area contributed by atoms with Crippen LogP contribution in [0.25, 0.3) is 0 Å². The summed E-state index contributed by atoms with van der Waals surface area (Å²) in [7, 11) is -2.10. The zero-order valence-corrected chi connectivity index (χ0v) is 20.5. The van der Waals surface area contributed by atoms with Crippen molar-refractivity contribution in [3.05, 3.63) is 29.6 Å². The van der Waals surface area contributed by atoms with Gasteiger partial charge in [0.05, 0.1) is 18.3 Å². The van der Waals surface area contributed by atoms with Crippen LogP contribution in [0.15, 0.2) is 18.2 Å². The maximum atomic E-state index is 14.5. The third kappa shape index (κ3) is 4.85. The second-order valence-corrected chi connectivity index (χ2v) is 15.5. The molecule has 0 fully saturated rings. The predicted octanol–water partition coefficient (Wildman–Crippen LogP) is 6.68. The largest absolute Gasteiger partial charge is 0.443 e. The summed E-state index contributed by atoms with van der Waals surface area (Å²) >= 11 is 0. The van der Waals surface area contributed by atoms with Gasteiger partial charge in [0.2, 0.25) is 0 Å². The lowest BCUT2D eigenvalue weighted by atomic mass is 10.1. The number of nitrogens with zero attached hydrogens (tertiary/aromatic N) is 1. The first kappa shape index (κ1) is 23.9. The van der Waals surface area contributed by atoms with E-state index in [9.17, 15) is 9.18 Å². The van der Waals surface area contributed by atoms with Crippen LogP contribution in [0, 0.1) is 5.82 Å². The zero-order valence-electron chi connectivity index (χ0n) is 19.5. The van der Waals surface area contributed by atoms with Crippen molar-refractivity contribution < 1.29 is 18.3 Å². The normalized spacial score (nSPS) is 17.4. The Bertz CT molecular complexity index is 706. The Morgan fingerprint density at radius 3 is 2.17 bits per heavy atom. The smallest absolute Gasteiger partial charge is 0.415 e. The van der Waals surface area contributed by atoms with Crippen molar-refractivity contribution in [1.29, 1.82) is 0 Å². The topological polar surface area (TPSA) is 38.8 Å². The summed E-state index contributed by atoms with van der Waals surface area (Å²) in [5, 5.41) is 0. The van der Waals surface area contributed by atoms with E-state index in [0.29, 0.717) is 40.9 Å². The van der Waals surface area contributed by atoms with Gasteiger partial charge in [0, 0.05) is 12.0 Å². The van der Waals surface area contributed by atoms with Crippen LogP contribution in [0.5, 0.6) is 0 Å². The van der Waals surface area contributed by atoms with Crippen LogP contribution in [-0.4, -0.2) is 32.7 Å². The molecule has 29 heavy (non-hydrogen) atoms. The van der Waals surface area contributed by atoms with E-state index >= 15 is 0 Å². The van der Waals surface area contributed by atoms with Crippen LogP contribution in [0.1, 0.15) is 67.9 Å². The Morgan fingerprint density at radius 2 is 1.69 bits per heavy atom. The van der Waals surface area contributed by atoms with E-state index in [1.807, 2.05) is 20.8 Å². The molecule has 1 atom stereocenters. The van der Waals surface area contributed by atoms with Crippen LogP contribution in [-0.2, 0) is 15.6 Å². The van der Waals surface area contributed by atoms with E-state index in [-0.39, 0.29) is 11.9 Å². The Kier molecular flexibility index (Phi) is 7.21. The first-order valence-corrected chi connectivity index (χ1v) is 12.9. The van der Waals surface area contributed by atoms with Crippen molar-refractivity contribution in [1.82, 2.24) is 0 Å². The summed E-state index contributed by atoms with van der Waals surface area (Å²) < 4.78 is 26.9. The summed E-state index contributed by atoms with van der Waals surface area (Å²) in [4.78, 5) is 14.6. The highest BCUT2D eigenvalue weighted by Crippen LogP contribution is 2.43. The monoisotopic (exact) mass is 423 g/mol. The summed E-state index contributed by atoms with van der Waals surface area (Å²) in [6, 6.07) is 4.62. The summed E-state index contributed by atoms with van der Waals surface area (Å²) in [5.74, 6) is -0.279. The Labute approximate surface area is 176 Å². The quantitative estimate of drug-likeness (QED) is 0.479. The van der Waals surface area contributed by atoms with Crippen LogP contribution < -0.4 is 4.90 Å². The van der Waals surface area contributed by atoms with E-state index < -0.39 is 20.0 Å². The van der Waals surface area contributed by atoms with Gasteiger partial charge in [-0.3, -0.25) is 4.90 Å². The number of hydrogen-bond donors (Lipinski definition) is 0. The van der Waals surface area contributed by atoms with Crippen molar-refractivity contribution in [2.24, 2.45) is 0 Å². The molecule has 6 heteroatoms. The van der Waals surface area contributed by atoms with Crippen LogP contribution >= 0.6 is 0 Å². The fourth-order valence-corrected chi connectivity index (χ4v) is 10.4. The highest BCUT2D eigenvalue weighted by Gasteiger charge is 2.47. The molecule has 0 aliphatic carbocycles. The first-order chi connectivity index (χ1) is 13.3. The lowest BCUT2D eigenvalue weighted by Gasteiger charge is -2.43. The van der Waals surface area contributed by atoms with Crippen LogP contribution in [0.3, 0.4) is 0 Å². The molecule has 0 aromatic heterocycles. The van der Waals surface area contributed by atoms with Crippen LogP contribution in [0.4, 0.5) is 14.9 Å². The molecule has 0 saturated carbocycles. The summed E-state index contributed by atoms with van der Waals surface area (Å²) in [5.41, 5.74) is 1.87. The van der Waals surface area contributed by atoms with Gasteiger partial charge in [-0.1, -0.05) is 47.6 Å². The second-order valence-electron chi connectivity index (χ2n) is 10.1. The van der Waals surface area contributed by atoms with Gasteiger partial charge in [-0.15, -0.1) is 0 Å². The van der Waals surface area contributed by atoms with Crippen molar-refractivity contribution >= 4 is 20.1 Å². The van der Waals surface area contributed by atoms with Gasteiger partial charge >= 0.3 is 6.09 Å². The molecule has 0 N–H and O–H groups in total. The minimum atomic E-state index is -2.10. The van der Waals surface area contributed by atoms with E-state index in [2.05, 4.69) is 41.5 Å². The molecule has 0 spiro atoms. The lowest BCUT2D eigenvalue weighted by Crippen LogP contribution is -2.51. The van der Waals surface area contributed by atoms with Gasteiger partial charge in [-0.05, 0) is 49.5 Å². The predicted molar refractivity (Wildman–Crippen MR) is 120 cm³/mol. The molecule has 1 aromatic rings. The average Bonchev–Trinajstić information content (AvgIpc) is 2.92. The van der Waals surface area contributed by atoms with E-state index in [0.717, 1.165) is 0 Å². The lowest BCUT2D eigenvalue weighted by molar-refractivity contribution is 0.0558. The molecule has 1 aliphatic rings. The van der Waals surface area contributed by atoms with Gasteiger partial charge in [-0.25, -0.2) is 9.18 Å². The fourth-order valence-electron chi connectivity index (χ4n) is 4.93. The number of hydrogen-bond acceptors (Lipinski definition) is 3. The molecule has 1 aliphatic heterocycles. The molecular formula is C23H38FNO3Si. The molecule has 164 valence electrons. The van der Waals surface area contributed by atoms with Gasteiger partial charge in [-0.2, -0.15) is 0 Å². The van der Waals surface area contributed by atoms with Crippen molar-refractivity contribution in [2.75, 3.05) is 11.5 Å². The molecule has 1 amide bonds. The Hall–Kier alpha value is -1.40. The highest BCUT2D eigenvalue weighted by molar-refractivity contribution is 6.77. The molecule has 0 saturated heterocycles. The van der Waals surface area contributed by atoms with E-state index in [1.54, 1.807) is 17.0 Å². The first-order valence-electron chi connectivity index (χ1n) is 10.7. The van der Waals surface area contributed by atoms with Gasteiger partial charge in [0.25, 0.3) is 0 Å². The van der Waals surface area contributed by atoms with Gasteiger partial charge in [0.15, 0.2) is 8.32 Å². The number of anilines is 1. The Balaban J connectivity index is 2.35. The molecular weight excluding hydrogens is 385 g/mol. The maximum absolute atomic E-state index is 14.5. The van der Waals surface area contributed by atoms with Crippen molar-refractivity contribution in [2.45, 2.75) is 97.0 Å². The molecule has 1 unspecified atom stereocenters. The molecule has 2 rings (SSSR count). The number of carbonyl (C=O) groups excluding carboxylic acids is 1. The summed E-state index contributed by atoms with van der Waals surface area (Å²) in [6.45, 7) is 19.3. The molecule has 0 bridgehead atoms. The van der Waals surface area contributed by atoms with E-state index in [4.69, 9.17) is 9.16 Å². The number of amides is 1. The third-order valence-corrected chi connectivity index (χ3v) is 12.1. The molecule has 1 aromatic carbocycles. The fraction of sp³-hybridized carbons (Fsp3) is 0.696. The molecule has 1 heterocycles. The van der Waals surface area contributed by atoms with Crippen LogP contribution in [0.2, 0.25) is 16.6 Å². The SMILES string of the molecule is CC(C)[Si](OCC1Cc2c(F)cccc2N1C(=O)OC(C)(C)C)(C(C)C)C(C)C. The number of ether oxygens (including phenoxy) is 1. The zero-order chi connectivity index (χ0) is 22.1. The summed E-state index contributed by atoms with van der Waals surface area (Å²) in [6.07, 6.45) is 0.00127. The van der Waals surface area contributed by atoms with E-state index in [1.165, 1.54) is 6.07 Å². The Morgan fingerprint density at radius 1 is 1.14 bits per heavy atom. The van der Waals surface area contributed by atoms with Crippen molar-refractivity contribution in [3.8, 4) is 0 Å². The number of rotatable bonds is 6. The van der Waals surface area contributed by atoms with Gasteiger partial charge in [0.1, 0.15) is 11.4 Å². The minimum Gasteiger partial charge on any atom is -0.443 e. The third-order valence-electron chi connectivity index (χ3n) is 5.98. The number of benzene rings is 1. The number of fused-ring (bicyclic) bond motifs is 1. The number of halogens is 1. The van der Waals surface area contributed by atoms with Crippen molar-refractivity contribution in [3.63, 3.8) is 0 Å².